The number of nitrogens with one attached hydrogen (secondary N) is 1. The molecule has 21 heavy (non-hydrogen) atoms. The third-order valence-corrected chi connectivity index (χ3v) is 3.89. The van der Waals surface area contributed by atoms with Crippen molar-refractivity contribution in [1.82, 2.24) is 10.2 Å². The Morgan fingerprint density at radius 3 is 2.38 bits per heavy atom. The zero-order valence-corrected chi connectivity index (χ0v) is 13.9. The highest BCUT2D eigenvalue weighted by atomic mass is 16.2. The first-order chi connectivity index (χ1) is 9.72. The van der Waals surface area contributed by atoms with Crippen molar-refractivity contribution < 1.29 is 4.79 Å². The van der Waals surface area contributed by atoms with E-state index in [1.54, 1.807) is 0 Å². The second-order valence-corrected chi connectivity index (χ2v) is 6.75. The lowest BCUT2D eigenvalue weighted by atomic mass is 9.84. The van der Waals surface area contributed by atoms with Gasteiger partial charge in [0.1, 0.15) is 0 Å². The summed E-state index contributed by atoms with van der Waals surface area (Å²) in [5.74, 6) is -0.0850. The molecule has 2 atom stereocenters. The maximum Gasteiger partial charge on any atom is 0.237 e. The summed E-state index contributed by atoms with van der Waals surface area (Å²) in [7, 11) is 4.08. The van der Waals surface area contributed by atoms with Crippen LogP contribution < -0.4 is 11.1 Å². The predicted octanol–water partition coefficient (Wildman–Crippen LogP) is 1.65. The van der Waals surface area contributed by atoms with E-state index in [-0.39, 0.29) is 17.4 Å². The van der Waals surface area contributed by atoms with Gasteiger partial charge >= 0.3 is 0 Å². The Balaban J connectivity index is 2.55. The molecular weight excluding hydrogens is 262 g/mol. The van der Waals surface area contributed by atoms with Gasteiger partial charge in [0, 0.05) is 12.6 Å². The van der Waals surface area contributed by atoms with Crippen LogP contribution >= 0.6 is 0 Å². The highest BCUT2D eigenvalue weighted by Crippen LogP contribution is 2.21. The summed E-state index contributed by atoms with van der Waals surface area (Å²) in [6.07, 6.45) is 0.563. The van der Waals surface area contributed by atoms with Gasteiger partial charge in [0.25, 0.3) is 0 Å². The van der Waals surface area contributed by atoms with Crippen LogP contribution in [-0.4, -0.2) is 43.5 Å². The number of amides is 1. The average molecular weight is 291 g/mol. The van der Waals surface area contributed by atoms with Gasteiger partial charge in [-0.15, -0.1) is 0 Å². The van der Waals surface area contributed by atoms with Crippen molar-refractivity contribution in [3.63, 3.8) is 0 Å². The van der Waals surface area contributed by atoms with Crippen molar-refractivity contribution in [2.75, 3.05) is 20.6 Å². The van der Waals surface area contributed by atoms with Crippen molar-refractivity contribution in [3.05, 3.63) is 35.9 Å². The van der Waals surface area contributed by atoms with Gasteiger partial charge in [-0.2, -0.15) is 0 Å². The van der Waals surface area contributed by atoms with Crippen LogP contribution in [0.4, 0.5) is 0 Å². The summed E-state index contributed by atoms with van der Waals surface area (Å²) in [6, 6.07) is 9.42. The van der Waals surface area contributed by atoms with Crippen molar-refractivity contribution in [2.45, 2.75) is 39.3 Å². The van der Waals surface area contributed by atoms with Crippen LogP contribution in [0.1, 0.15) is 26.3 Å². The van der Waals surface area contributed by atoms with Crippen LogP contribution in [0, 0.1) is 5.41 Å². The van der Waals surface area contributed by atoms with Gasteiger partial charge in [-0.05, 0) is 38.4 Å². The molecule has 0 bridgehead atoms. The molecule has 0 radical (unpaired) electrons. The van der Waals surface area contributed by atoms with Crippen LogP contribution in [0.15, 0.2) is 30.3 Å². The van der Waals surface area contributed by atoms with Crippen LogP contribution in [-0.2, 0) is 11.2 Å². The first-order valence-corrected chi connectivity index (χ1v) is 7.47. The zero-order chi connectivity index (χ0) is 16.0. The molecule has 0 aliphatic rings. The standard InChI is InChI=1S/C17H29N3O/c1-13(17(2,3)12-20(4)5)19-16(21)15(18)11-14-9-7-6-8-10-14/h6-10,13,15H,11-12,18H2,1-5H3,(H,19,21). The average Bonchev–Trinajstić information content (AvgIpc) is 2.38. The first kappa shape index (κ1) is 17.7. The Morgan fingerprint density at radius 2 is 1.86 bits per heavy atom. The van der Waals surface area contributed by atoms with E-state index >= 15 is 0 Å². The van der Waals surface area contributed by atoms with E-state index in [1.165, 1.54) is 0 Å². The fraction of sp³-hybridized carbons (Fsp3) is 0.588. The molecule has 4 nitrogen and oxygen atoms in total. The van der Waals surface area contributed by atoms with Crippen molar-refractivity contribution in [3.8, 4) is 0 Å². The van der Waals surface area contributed by atoms with Gasteiger partial charge in [-0.3, -0.25) is 4.79 Å². The van der Waals surface area contributed by atoms with Gasteiger partial charge < -0.3 is 16.0 Å². The zero-order valence-electron chi connectivity index (χ0n) is 13.9. The summed E-state index contributed by atoms with van der Waals surface area (Å²) < 4.78 is 0. The van der Waals surface area contributed by atoms with Crippen LogP contribution in [0.5, 0.6) is 0 Å². The first-order valence-electron chi connectivity index (χ1n) is 7.47. The Hall–Kier alpha value is -1.39. The van der Waals surface area contributed by atoms with Crippen LogP contribution in [0.2, 0.25) is 0 Å². The lowest BCUT2D eigenvalue weighted by Crippen LogP contribution is -2.52. The fourth-order valence-corrected chi connectivity index (χ4v) is 2.43. The molecule has 0 saturated heterocycles. The Bertz CT molecular complexity index is 443. The summed E-state index contributed by atoms with van der Waals surface area (Å²) >= 11 is 0. The van der Waals surface area contributed by atoms with Gasteiger partial charge in [-0.25, -0.2) is 0 Å². The monoisotopic (exact) mass is 291 g/mol. The van der Waals surface area contributed by atoms with Gasteiger partial charge in [-0.1, -0.05) is 44.2 Å². The molecule has 1 aromatic rings. The minimum Gasteiger partial charge on any atom is -0.352 e. The van der Waals surface area contributed by atoms with Crippen molar-refractivity contribution in [1.29, 1.82) is 0 Å². The molecule has 0 heterocycles. The molecule has 1 aromatic carbocycles. The molecular formula is C17H29N3O. The summed E-state index contributed by atoms with van der Waals surface area (Å²) in [6.45, 7) is 7.25. The maximum absolute atomic E-state index is 12.2. The van der Waals surface area contributed by atoms with E-state index in [4.69, 9.17) is 5.73 Å². The number of hydrogen-bond donors (Lipinski definition) is 2. The number of hydrogen-bond acceptors (Lipinski definition) is 3. The SMILES string of the molecule is CC(NC(=O)C(N)Cc1ccccc1)C(C)(C)CN(C)C. The number of carbonyl (C=O) groups excluding carboxylic acids is 1. The summed E-state index contributed by atoms with van der Waals surface area (Å²) in [5, 5.41) is 3.05. The third-order valence-electron chi connectivity index (χ3n) is 3.89. The number of nitrogens with two attached hydrogens (primary N) is 1. The molecule has 4 heteroatoms. The van der Waals surface area contributed by atoms with Gasteiger partial charge in [0.2, 0.25) is 5.91 Å². The maximum atomic E-state index is 12.2. The number of carbonyl (C=O) groups is 1. The summed E-state index contributed by atoms with van der Waals surface area (Å²) in [5.41, 5.74) is 7.09. The van der Waals surface area contributed by atoms with Crippen LogP contribution in [0.25, 0.3) is 0 Å². The minimum atomic E-state index is -0.509. The Labute approximate surface area is 128 Å². The van der Waals surface area contributed by atoms with Crippen LogP contribution in [0.3, 0.4) is 0 Å². The van der Waals surface area contributed by atoms with Crippen molar-refractivity contribution >= 4 is 5.91 Å². The molecule has 118 valence electrons. The fourth-order valence-electron chi connectivity index (χ4n) is 2.43. The molecule has 1 rings (SSSR count). The second-order valence-electron chi connectivity index (χ2n) is 6.75. The highest BCUT2D eigenvalue weighted by molar-refractivity contribution is 5.82. The number of benzene rings is 1. The van der Waals surface area contributed by atoms with E-state index in [9.17, 15) is 4.79 Å². The quantitative estimate of drug-likeness (QED) is 0.803. The lowest BCUT2D eigenvalue weighted by Gasteiger charge is -2.35. The van der Waals surface area contributed by atoms with E-state index in [2.05, 4.69) is 24.1 Å². The molecule has 0 saturated carbocycles. The number of rotatable bonds is 7. The lowest BCUT2D eigenvalue weighted by molar-refractivity contribution is -0.123. The Morgan fingerprint density at radius 1 is 1.29 bits per heavy atom. The molecule has 1 amide bonds. The van der Waals surface area contributed by atoms with Crippen molar-refractivity contribution in [2.24, 2.45) is 11.1 Å². The smallest absolute Gasteiger partial charge is 0.237 e. The molecule has 0 aromatic heterocycles. The van der Waals surface area contributed by atoms with E-state index < -0.39 is 6.04 Å². The normalized spacial score (nSPS) is 14.8. The minimum absolute atomic E-state index is 0.00831. The molecule has 0 aliphatic heterocycles. The molecule has 0 spiro atoms. The highest BCUT2D eigenvalue weighted by Gasteiger charge is 2.29. The van der Waals surface area contributed by atoms with E-state index in [0.29, 0.717) is 6.42 Å². The van der Waals surface area contributed by atoms with Gasteiger partial charge in [0.05, 0.1) is 6.04 Å². The van der Waals surface area contributed by atoms with Gasteiger partial charge in [0.15, 0.2) is 0 Å². The Kier molecular flexibility index (Phi) is 6.37. The third kappa shape index (κ3) is 5.86. The largest absolute Gasteiger partial charge is 0.352 e. The second kappa shape index (κ2) is 7.57. The number of nitrogens with zero attached hydrogens (tertiary/aromatic N) is 1. The summed E-state index contributed by atoms with van der Waals surface area (Å²) in [4.78, 5) is 14.4. The van der Waals surface area contributed by atoms with E-state index in [1.807, 2.05) is 51.4 Å². The molecule has 0 fully saturated rings. The molecule has 0 aliphatic carbocycles. The molecule has 3 N–H and O–H groups in total. The van der Waals surface area contributed by atoms with E-state index in [0.717, 1.165) is 12.1 Å². The molecule has 2 unspecified atom stereocenters. The predicted molar refractivity (Wildman–Crippen MR) is 88.1 cm³/mol. The topological polar surface area (TPSA) is 58.4 Å².